The van der Waals surface area contributed by atoms with Gasteiger partial charge in [-0.1, -0.05) is 39.0 Å². The van der Waals surface area contributed by atoms with Gasteiger partial charge in [-0.15, -0.1) is 0 Å². The van der Waals surface area contributed by atoms with Gasteiger partial charge in [-0.25, -0.2) is 4.98 Å². The van der Waals surface area contributed by atoms with Crippen LogP contribution in [0.5, 0.6) is 0 Å². The quantitative estimate of drug-likeness (QED) is 0.615. The van der Waals surface area contributed by atoms with E-state index in [0.29, 0.717) is 0 Å². The van der Waals surface area contributed by atoms with Gasteiger partial charge in [0.2, 0.25) is 0 Å². The Hall–Kier alpha value is -1.31. The first kappa shape index (κ1) is 12.8. The van der Waals surface area contributed by atoms with Gasteiger partial charge in [0.1, 0.15) is 5.82 Å². The highest BCUT2D eigenvalue weighted by molar-refractivity contribution is 5.37. The topological polar surface area (TPSA) is 24.9 Å². The summed E-state index contributed by atoms with van der Waals surface area (Å²) >= 11 is 0. The minimum absolute atomic E-state index is 0.177. The molecule has 0 fully saturated rings. The van der Waals surface area contributed by atoms with E-state index >= 15 is 0 Å². The van der Waals surface area contributed by atoms with Crippen molar-refractivity contribution in [3.05, 3.63) is 36.0 Å². The third-order valence-corrected chi connectivity index (χ3v) is 2.48. The molecule has 0 amide bonds. The van der Waals surface area contributed by atoms with Crippen molar-refractivity contribution in [3.8, 4) is 0 Å². The van der Waals surface area contributed by atoms with Crippen LogP contribution in [0.15, 0.2) is 30.5 Å². The molecule has 2 heteroatoms. The second-order valence-electron chi connectivity index (χ2n) is 4.97. The molecule has 1 rings (SSSR count). The zero-order valence-electron chi connectivity index (χ0n) is 10.7. The van der Waals surface area contributed by atoms with Crippen LogP contribution in [0.3, 0.4) is 0 Å². The molecule has 16 heavy (non-hydrogen) atoms. The largest absolute Gasteiger partial charge is 0.370 e. The molecule has 0 aliphatic rings. The van der Waals surface area contributed by atoms with Crippen molar-refractivity contribution in [2.75, 3.05) is 11.9 Å². The van der Waals surface area contributed by atoms with Gasteiger partial charge in [0.25, 0.3) is 0 Å². The van der Waals surface area contributed by atoms with Crippen molar-refractivity contribution in [2.45, 2.75) is 39.5 Å². The average Bonchev–Trinajstić information content (AvgIpc) is 2.24. The van der Waals surface area contributed by atoms with Gasteiger partial charge in [0.15, 0.2) is 0 Å². The van der Waals surface area contributed by atoms with Gasteiger partial charge < -0.3 is 5.32 Å². The molecule has 0 aromatic carbocycles. The Balaban J connectivity index is 2.52. The van der Waals surface area contributed by atoms with Crippen LogP contribution < -0.4 is 5.32 Å². The summed E-state index contributed by atoms with van der Waals surface area (Å²) < 4.78 is 0. The van der Waals surface area contributed by atoms with Crippen molar-refractivity contribution in [1.29, 1.82) is 0 Å². The van der Waals surface area contributed by atoms with Crippen LogP contribution in [0.25, 0.3) is 0 Å². The van der Waals surface area contributed by atoms with E-state index in [9.17, 15) is 0 Å². The zero-order chi connectivity index (χ0) is 12.0. The van der Waals surface area contributed by atoms with Crippen molar-refractivity contribution < 1.29 is 0 Å². The summed E-state index contributed by atoms with van der Waals surface area (Å²) in [4.78, 5) is 4.41. The van der Waals surface area contributed by atoms with E-state index in [-0.39, 0.29) is 5.41 Å². The van der Waals surface area contributed by atoms with E-state index in [1.165, 1.54) is 5.56 Å². The third-order valence-electron chi connectivity index (χ3n) is 2.48. The number of rotatable bonds is 4. The fraction of sp³-hybridized carbons (Fsp3) is 0.500. The Labute approximate surface area is 98.8 Å². The van der Waals surface area contributed by atoms with Crippen LogP contribution in [0.1, 0.15) is 39.7 Å². The van der Waals surface area contributed by atoms with Crippen LogP contribution >= 0.6 is 0 Å². The van der Waals surface area contributed by atoms with Crippen molar-refractivity contribution in [1.82, 2.24) is 4.98 Å². The molecule has 0 bridgehead atoms. The minimum Gasteiger partial charge on any atom is -0.370 e. The Bertz CT molecular complexity index is 331. The summed E-state index contributed by atoms with van der Waals surface area (Å²) in [6.45, 7) is 9.57. The van der Waals surface area contributed by atoms with Gasteiger partial charge in [-0.2, -0.15) is 0 Å². The molecule has 0 aliphatic heterocycles. The van der Waals surface area contributed by atoms with Crippen molar-refractivity contribution >= 4 is 5.82 Å². The molecule has 0 radical (unpaired) electrons. The van der Waals surface area contributed by atoms with E-state index in [4.69, 9.17) is 0 Å². The number of nitrogens with one attached hydrogen (secondary N) is 1. The number of nitrogens with zero attached hydrogens (tertiary/aromatic N) is 1. The average molecular weight is 218 g/mol. The summed E-state index contributed by atoms with van der Waals surface area (Å²) in [7, 11) is 0. The molecule has 0 aliphatic carbocycles. The monoisotopic (exact) mass is 218 g/mol. The van der Waals surface area contributed by atoms with Crippen LogP contribution in [0.2, 0.25) is 0 Å². The third kappa shape index (κ3) is 4.05. The molecule has 88 valence electrons. The van der Waals surface area contributed by atoms with Crippen molar-refractivity contribution in [2.24, 2.45) is 0 Å². The molecule has 1 heterocycles. The van der Waals surface area contributed by atoms with Crippen LogP contribution in [-0.4, -0.2) is 11.5 Å². The number of pyridine rings is 1. The molecule has 0 atom stereocenters. The number of hydrogen-bond donors (Lipinski definition) is 1. The number of aromatic nitrogens is 1. The number of allylic oxidation sites excluding steroid dienone is 1. The molecule has 1 aromatic heterocycles. The lowest BCUT2D eigenvalue weighted by atomic mass is 9.88. The molecule has 0 saturated heterocycles. The van der Waals surface area contributed by atoms with Gasteiger partial charge >= 0.3 is 0 Å². The first-order valence-electron chi connectivity index (χ1n) is 5.85. The van der Waals surface area contributed by atoms with Crippen LogP contribution in [0, 0.1) is 0 Å². The van der Waals surface area contributed by atoms with E-state index in [1.54, 1.807) is 0 Å². The predicted molar refractivity (Wildman–Crippen MR) is 70.9 cm³/mol. The summed E-state index contributed by atoms with van der Waals surface area (Å²) in [6, 6.07) is 4.20. The maximum atomic E-state index is 4.41. The standard InChI is InChI=1S/C14H22N2/c1-5-6-7-10-15-13-9-8-12(11-16-13)14(2,3)4/h5-6,8-9,11H,7,10H2,1-4H3,(H,15,16)/b6-5+. The van der Waals surface area contributed by atoms with Gasteiger partial charge in [0, 0.05) is 12.7 Å². The van der Waals surface area contributed by atoms with E-state index in [2.05, 4.69) is 55.4 Å². The molecule has 0 unspecified atom stereocenters. The maximum absolute atomic E-state index is 4.41. The lowest BCUT2D eigenvalue weighted by molar-refractivity contribution is 0.587. The molecule has 0 spiro atoms. The normalized spacial score (nSPS) is 12.0. The predicted octanol–water partition coefficient (Wildman–Crippen LogP) is 3.76. The SMILES string of the molecule is C/C=C/CCNc1ccc(C(C)(C)C)cn1. The molecule has 1 aromatic rings. The first-order valence-corrected chi connectivity index (χ1v) is 5.85. The lowest BCUT2D eigenvalue weighted by Gasteiger charge is -2.18. The summed E-state index contributed by atoms with van der Waals surface area (Å²) in [5, 5.41) is 3.30. The Morgan fingerprint density at radius 1 is 1.31 bits per heavy atom. The highest BCUT2D eigenvalue weighted by Gasteiger charge is 2.13. The Morgan fingerprint density at radius 2 is 2.06 bits per heavy atom. The highest BCUT2D eigenvalue weighted by Crippen LogP contribution is 2.21. The number of hydrogen-bond acceptors (Lipinski definition) is 2. The molecular formula is C14H22N2. The van der Waals surface area contributed by atoms with Gasteiger partial charge in [-0.3, -0.25) is 0 Å². The summed E-state index contributed by atoms with van der Waals surface area (Å²) in [5.74, 6) is 0.956. The summed E-state index contributed by atoms with van der Waals surface area (Å²) in [5.41, 5.74) is 1.45. The molecule has 2 nitrogen and oxygen atoms in total. The van der Waals surface area contributed by atoms with E-state index in [0.717, 1.165) is 18.8 Å². The van der Waals surface area contributed by atoms with Gasteiger partial charge in [0.05, 0.1) is 0 Å². The second kappa shape index (κ2) is 5.69. The zero-order valence-corrected chi connectivity index (χ0v) is 10.7. The second-order valence-corrected chi connectivity index (χ2v) is 4.97. The van der Waals surface area contributed by atoms with Crippen LogP contribution in [0.4, 0.5) is 5.82 Å². The van der Waals surface area contributed by atoms with Crippen LogP contribution in [-0.2, 0) is 5.41 Å². The smallest absolute Gasteiger partial charge is 0.125 e. The first-order chi connectivity index (χ1) is 7.54. The summed E-state index contributed by atoms with van der Waals surface area (Å²) in [6.07, 6.45) is 7.21. The molecular weight excluding hydrogens is 196 g/mol. The Kier molecular flexibility index (Phi) is 4.53. The maximum Gasteiger partial charge on any atom is 0.125 e. The molecule has 1 N–H and O–H groups in total. The van der Waals surface area contributed by atoms with E-state index < -0.39 is 0 Å². The van der Waals surface area contributed by atoms with Gasteiger partial charge in [-0.05, 0) is 30.4 Å². The lowest BCUT2D eigenvalue weighted by Crippen LogP contribution is -2.12. The fourth-order valence-corrected chi connectivity index (χ4v) is 1.39. The van der Waals surface area contributed by atoms with Crippen molar-refractivity contribution in [3.63, 3.8) is 0 Å². The number of anilines is 1. The Morgan fingerprint density at radius 3 is 2.56 bits per heavy atom. The highest BCUT2D eigenvalue weighted by atomic mass is 15.0. The molecule has 0 saturated carbocycles. The van der Waals surface area contributed by atoms with E-state index in [1.807, 2.05) is 13.1 Å². The fourth-order valence-electron chi connectivity index (χ4n) is 1.39. The minimum atomic E-state index is 0.177.